The maximum absolute atomic E-state index is 11.6. The van der Waals surface area contributed by atoms with E-state index in [9.17, 15) is 9.59 Å². The molecule has 1 aromatic rings. The maximum Gasteiger partial charge on any atom is 0.339 e. The van der Waals surface area contributed by atoms with Gasteiger partial charge < -0.3 is 5.11 Å². The summed E-state index contributed by atoms with van der Waals surface area (Å²) in [5.41, 5.74) is 0.461. The first-order chi connectivity index (χ1) is 7.52. The third-order valence-electron chi connectivity index (χ3n) is 2.04. The van der Waals surface area contributed by atoms with Crippen LogP contribution in [0.15, 0.2) is 30.1 Å². The normalized spacial score (nSPS) is 11.6. The number of rotatable bonds is 4. The van der Waals surface area contributed by atoms with Gasteiger partial charge in [-0.05, 0) is 23.8 Å². The number of hydrogen-bond donors (Lipinski definition) is 1. The van der Waals surface area contributed by atoms with Gasteiger partial charge in [-0.25, -0.2) is 4.79 Å². The number of carboxylic acid groups (broad SMARTS) is 1. The Morgan fingerprint density at radius 1 is 1.31 bits per heavy atom. The average Bonchev–Trinajstić information content (AvgIpc) is 2.26. The molecule has 4 heteroatoms. The van der Waals surface area contributed by atoms with Gasteiger partial charge in [0.05, 0.1) is 0 Å². The molecule has 84 valence electrons. The molecule has 0 saturated carbocycles. The molecule has 0 aliphatic rings. The molecule has 0 spiro atoms. The highest BCUT2D eigenvalue weighted by Gasteiger charge is 2.19. The Kier molecular flexibility index (Phi) is 3.94. The summed E-state index contributed by atoms with van der Waals surface area (Å²) in [6, 6.07) is 3.30. The molecule has 0 fully saturated rings. The van der Waals surface area contributed by atoms with Crippen molar-refractivity contribution in [2.45, 2.75) is 13.8 Å². The number of aliphatic carboxylic acids is 1. The van der Waals surface area contributed by atoms with Gasteiger partial charge in [0.25, 0.3) is 0 Å². The summed E-state index contributed by atoms with van der Waals surface area (Å²) in [5.74, 6) is -1.90. The van der Waals surface area contributed by atoms with E-state index in [4.69, 9.17) is 5.11 Å². The van der Waals surface area contributed by atoms with Crippen LogP contribution >= 0.6 is 0 Å². The lowest BCUT2D eigenvalue weighted by Gasteiger charge is -2.04. The fraction of sp³-hybridized carbons (Fsp3) is 0.250. The van der Waals surface area contributed by atoms with Crippen molar-refractivity contribution < 1.29 is 14.7 Å². The third kappa shape index (κ3) is 3.02. The standard InChI is InChI=1S/C12H13NO3/c1-8(2)11(14)10(12(15)16)7-9-3-5-13-6-4-9/h3-8H,1-2H3,(H,15,16). The van der Waals surface area contributed by atoms with Crippen molar-refractivity contribution in [1.82, 2.24) is 4.98 Å². The number of pyridine rings is 1. The number of carbonyl (C=O) groups is 2. The van der Waals surface area contributed by atoms with Gasteiger partial charge in [-0.1, -0.05) is 13.8 Å². The van der Waals surface area contributed by atoms with Gasteiger partial charge in [0, 0.05) is 18.3 Å². The molecule has 0 unspecified atom stereocenters. The van der Waals surface area contributed by atoms with Gasteiger partial charge in [-0.3, -0.25) is 9.78 Å². The Morgan fingerprint density at radius 3 is 2.31 bits per heavy atom. The fourth-order valence-electron chi connectivity index (χ4n) is 1.18. The molecule has 4 nitrogen and oxygen atoms in total. The predicted octanol–water partition coefficient (Wildman–Crippen LogP) is 1.77. The zero-order valence-electron chi connectivity index (χ0n) is 9.18. The molecule has 16 heavy (non-hydrogen) atoms. The van der Waals surface area contributed by atoms with E-state index in [0.29, 0.717) is 5.56 Å². The molecule has 0 saturated heterocycles. The van der Waals surface area contributed by atoms with Crippen LogP contribution < -0.4 is 0 Å². The topological polar surface area (TPSA) is 67.3 Å². The van der Waals surface area contributed by atoms with Crippen molar-refractivity contribution in [1.29, 1.82) is 0 Å². The molecular weight excluding hydrogens is 206 g/mol. The second-order valence-electron chi connectivity index (χ2n) is 3.66. The highest BCUT2D eigenvalue weighted by molar-refractivity contribution is 6.20. The fourth-order valence-corrected chi connectivity index (χ4v) is 1.18. The van der Waals surface area contributed by atoms with Crippen molar-refractivity contribution in [3.05, 3.63) is 35.7 Å². The SMILES string of the molecule is CC(C)C(=O)C(=Cc1ccncc1)C(=O)O. The van der Waals surface area contributed by atoms with Gasteiger partial charge in [-0.15, -0.1) is 0 Å². The Hall–Kier alpha value is -1.97. The number of hydrogen-bond acceptors (Lipinski definition) is 3. The van der Waals surface area contributed by atoms with Crippen LogP contribution in [0.1, 0.15) is 19.4 Å². The van der Waals surface area contributed by atoms with Crippen LogP contribution in [0.3, 0.4) is 0 Å². The summed E-state index contributed by atoms with van der Waals surface area (Å²) in [7, 11) is 0. The summed E-state index contributed by atoms with van der Waals surface area (Å²) < 4.78 is 0. The molecule has 0 aliphatic carbocycles. The van der Waals surface area contributed by atoms with E-state index in [-0.39, 0.29) is 17.3 Å². The van der Waals surface area contributed by atoms with Crippen LogP contribution in [0, 0.1) is 5.92 Å². The molecule has 0 aromatic carbocycles. The molecule has 1 aromatic heterocycles. The zero-order valence-corrected chi connectivity index (χ0v) is 9.18. The first-order valence-corrected chi connectivity index (χ1v) is 4.91. The van der Waals surface area contributed by atoms with Gasteiger partial charge in [0.2, 0.25) is 0 Å². The number of Topliss-reactive ketones (excluding diaryl/α,β-unsaturated/α-hetero) is 1. The van der Waals surface area contributed by atoms with Crippen molar-refractivity contribution in [2.75, 3.05) is 0 Å². The molecule has 0 amide bonds. The number of carbonyl (C=O) groups excluding carboxylic acids is 1. The predicted molar refractivity (Wildman–Crippen MR) is 59.7 cm³/mol. The number of aromatic nitrogens is 1. The summed E-state index contributed by atoms with van der Waals surface area (Å²) >= 11 is 0. The van der Waals surface area contributed by atoms with Gasteiger partial charge in [0.1, 0.15) is 5.57 Å². The van der Waals surface area contributed by atoms with E-state index in [1.165, 1.54) is 6.08 Å². The van der Waals surface area contributed by atoms with E-state index in [2.05, 4.69) is 4.98 Å². The molecule has 1 N–H and O–H groups in total. The van der Waals surface area contributed by atoms with E-state index < -0.39 is 5.97 Å². The second kappa shape index (κ2) is 5.21. The summed E-state index contributed by atoms with van der Waals surface area (Å²) in [4.78, 5) is 26.4. The molecule has 0 aliphatic heterocycles. The van der Waals surface area contributed by atoms with Crippen LogP contribution in [0.4, 0.5) is 0 Å². The molecule has 1 rings (SSSR count). The minimum Gasteiger partial charge on any atom is -0.478 e. The van der Waals surface area contributed by atoms with Crippen molar-refractivity contribution in [3.8, 4) is 0 Å². The van der Waals surface area contributed by atoms with E-state index in [0.717, 1.165) is 0 Å². The van der Waals surface area contributed by atoms with Crippen LogP contribution in [0.2, 0.25) is 0 Å². The van der Waals surface area contributed by atoms with E-state index in [1.807, 2.05) is 0 Å². The third-order valence-corrected chi connectivity index (χ3v) is 2.04. The molecule has 0 bridgehead atoms. The monoisotopic (exact) mass is 219 g/mol. The Balaban J connectivity index is 3.09. The van der Waals surface area contributed by atoms with Gasteiger partial charge in [0.15, 0.2) is 5.78 Å². The maximum atomic E-state index is 11.6. The largest absolute Gasteiger partial charge is 0.478 e. The van der Waals surface area contributed by atoms with Crippen LogP contribution in [0.25, 0.3) is 6.08 Å². The van der Waals surface area contributed by atoms with Crippen LogP contribution in [-0.4, -0.2) is 21.8 Å². The highest BCUT2D eigenvalue weighted by Crippen LogP contribution is 2.11. The number of carboxylic acids is 1. The minimum absolute atomic E-state index is 0.193. The molecule has 0 radical (unpaired) electrons. The van der Waals surface area contributed by atoms with Gasteiger partial charge in [-0.2, -0.15) is 0 Å². The smallest absolute Gasteiger partial charge is 0.339 e. The highest BCUT2D eigenvalue weighted by atomic mass is 16.4. The lowest BCUT2D eigenvalue weighted by Crippen LogP contribution is -2.17. The lowest BCUT2D eigenvalue weighted by molar-refractivity contribution is -0.135. The second-order valence-corrected chi connectivity index (χ2v) is 3.66. The molecule has 0 atom stereocenters. The van der Waals surface area contributed by atoms with Gasteiger partial charge >= 0.3 is 5.97 Å². The lowest BCUT2D eigenvalue weighted by atomic mass is 9.99. The van der Waals surface area contributed by atoms with E-state index in [1.54, 1.807) is 38.4 Å². The molecular formula is C12H13NO3. The minimum atomic E-state index is -1.20. The average molecular weight is 219 g/mol. The summed E-state index contributed by atoms with van der Waals surface area (Å²) in [6.07, 6.45) is 4.46. The Bertz CT molecular complexity index is 421. The Morgan fingerprint density at radius 2 is 1.88 bits per heavy atom. The number of ketones is 1. The first-order valence-electron chi connectivity index (χ1n) is 4.91. The summed E-state index contributed by atoms with van der Waals surface area (Å²) in [5, 5.41) is 8.95. The quantitative estimate of drug-likeness (QED) is 0.476. The summed E-state index contributed by atoms with van der Waals surface area (Å²) in [6.45, 7) is 3.34. The van der Waals surface area contributed by atoms with Crippen molar-refractivity contribution in [3.63, 3.8) is 0 Å². The molecule has 1 heterocycles. The van der Waals surface area contributed by atoms with E-state index >= 15 is 0 Å². The van der Waals surface area contributed by atoms with Crippen LogP contribution in [-0.2, 0) is 9.59 Å². The first kappa shape index (κ1) is 12.1. The van der Waals surface area contributed by atoms with Crippen molar-refractivity contribution in [2.24, 2.45) is 5.92 Å². The Labute approximate surface area is 93.6 Å². The number of nitrogens with zero attached hydrogens (tertiary/aromatic N) is 1. The van der Waals surface area contributed by atoms with Crippen LogP contribution in [0.5, 0.6) is 0 Å². The van der Waals surface area contributed by atoms with Crippen molar-refractivity contribution >= 4 is 17.8 Å². The zero-order chi connectivity index (χ0) is 12.1.